The number of nitrogens with zero attached hydrogens (tertiary/aromatic N) is 2. The van der Waals surface area contributed by atoms with Gasteiger partial charge in [0.25, 0.3) is 0 Å². The molecule has 0 saturated carbocycles. The lowest BCUT2D eigenvalue weighted by atomic mass is 10.1. The average molecular weight is 262 g/mol. The van der Waals surface area contributed by atoms with E-state index in [0.29, 0.717) is 0 Å². The highest BCUT2D eigenvalue weighted by atomic mass is 16.3. The normalized spacial score (nSPS) is 17.8. The van der Waals surface area contributed by atoms with Crippen LogP contribution in [0.25, 0.3) is 0 Å². The fraction of sp³-hybridized carbons (Fsp3) is 0.429. The number of likely N-dealkylation sites (N-methyl/N-ethyl adjacent to an activating group) is 1. The topological polar surface area (TPSA) is 60.9 Å². The van der Waals surface area contributed by atoms with Crippen LogP contribution in [0.5, 0.6) is 0 Å². The molecule has 5 heteroatoms. The van der Waals surface area contributed by atoms with Crippen LogP contribution in [0.2, 0.25) is 0 Å². The van der Waals surface area contributed by atoms with E-state index in [4.69, 9.17) is 0 Å². The molecule has 2 amide bonds. The van der Waals surface area contributed by atoms with Gasteiger partial charge in [-0.2, -0.15) is 0 Å². The van der Waals surface area contributed by atoms with Crippen molar-refractivity contribution in [1.29, 1.82) is 0 Å². The van der Waals surface area contributed by atoms with Crippen molar-refractivity contribution in [3.8, 4) is 0 Å². The van der Waals surface area contributed by atoms with E-state index >= 15 is 0 Å². The molecule has 0 radical (unpaired) electrons. The Balaban J connectivity index is 2.02. The summed E-state index contributed by atoms with van der Waals surface area (Å²) in [5.74, 6) is -0.232. The zero-order valence-corrected chi connectivity index (χ0v) is 11.2. The molecule has 1 aromatic rings. The van der Waals surface area contributed by atoms with E-state index in [1.807, 2.05) is 31.2 Å². The summed E-state index contributed by atoms with van der Waals surface area (Å²) in [6.45, 7) is 2.25. The van der Waals surface area contributed by atoms with Crippen LogP contribution in [-0.4, -0.2) is 53.4 Å². The van der Waals surface area contributed by atoms with E-state index in [2.05, 4.69) is 0 Å². The highest BCUT2D eigenvalue weighted by Crippen LogP contribution is 2.16. The second kappa shape index (κ2) is 5.40. The second-order valence-corrected chi connectivity index (χ2v) is 4.95. The fourth-order valence-electron chi connectivity index (χ4n) is 2.03. The Bertz CT molecular complexity index is 484. The number of carbonyl (C=O) groups is 2. The van der Waals surface area contributed by atoms with Gasteiger partial charge in [0.1, 0.15) is 0 Å². The van der Waals surface area contributed by atoms with Gasteiger partial charge in [-0.05, 0) is 12.5 Å². The van der Waals surface area contributed by atoms with Crippen molar-refractivity contribution < 1.29 is 14.7 Å². The Morgan fingerprint density at radius 3 is 2.42 bits per heavy atom. The Morgan fingerprint density at radius 1 is 1.16 bits per heavy atom. The third-order valence-corrected chi connectivity index (χ3v) is 3.33. The van der Waals surface area contributed by atoms with Gasteiger partial charge >= 0.3 is 0 Å². The molecule has 1 N–H and O–H groups in total. The zero-order chi connectivity index (χ0) is 14.0. The Labute approximate surface area is 112 Å². The second-order valence-electron chi connectivity index (χ2n) is 4.95. The summed E-state index contributed by atoms with van der Waals surface area (Å²) in [7, 11) is 1.61. The summed E-state index contributed by atoms with van der Waals surface area (Å²) in [6.07, 6.45) is -0.763. The zero-order valence-electron chi connectivity index (χ0n) is 11.2. The lowest BCUT2D eigenvalue weighted by Gasteiger charge is -2.32. The van der Waals surface area contributed by atoms with Crippen LogP contribution < -0.4 is 0 Å². The first kappa shape index (κ1) is 13.5. The summed E-state index contributed by atoms with van der Waals surface area (Å²) in [5, 5.41) is 10.1. The van der Waals surface area contributed by atoms with Gasteiger partial charge in [-0.3, -0.25) is 9.59 Å². The molecule has 2 rings (SSSR count). The molecule has 0 aliphatic carbocycles. The number of hydrogen-bond acceptors (Lipinski definition) is 3. The molecule has 5 nitrogen and oxygen atoms in total. The minimum atomic E-state index is -0.763. The number of rotatable bonds is 3. The lowest BCUT2D eigenvalue weighted by molar-refractivity contribution is -0.150. The molecule has 1 unspecified atom stereocenters. The maximum absolute atomic E-state index is 11.8. The van der Waals surface area contributed by atoms with E-state index in [1.165, 1.54) is 9.80 Å². The van der Waals surface area contributed by atoms with Gasteiger partial charge in [0.05, 0.1) is 25.7 Å². The lowest BCUT2D eigenvalue weighted by Crippen LogP contribution is -2.53. The van der Waals surface area contributed by atoms with Crippen molar-refractivity contribution in [1.82, 2.24) is 9.80 Å². The predicted molar refractivity (Wildman–Crippen MR) is 70.4 cm³/mol. The fourth-order valence-corrected chi connectivity index (χ4v) is 2.03. The Morgan fingerprint density at radius 2 is 1.79 bits per heavy atom. The SMILES string of the molecule is Cc1ccc(C(O)CN2CC(=O)N(C)CC2=O)cc1. The van der Waals surface area contributed by atoms with Crippen LogP contribution in [0.1, 0.15) is 17.2 Å². The van der Waals surface area contributed by atoms with Crippen LogP contribution in [-0.2, 0) is 9.59 Å². The van der Waals surface area contributed by atoms with Crippen LogP contribution in [0.4, 0.5) is 0 Å². The largest absolute Gasteiger partial charge is 0.387 e. The summed E-state index contributed by atoms with van der Waals surface area (Å²) in [5.41, 5.74) is 1.87. The highest BCUT2D eigenvalue weighted by Gasteiger charge is 2.28. The summed E-state index contributed by atoms with van der Waals surface area (Å²) < 4.78 is 0. The minimum absolute atomic E-state index is 0.0399. The predicted octanol–water partition coefficient (Wildman–Crippen LogP) is 0.329. The Kier molecular flexibility index (Phi) is 3.85. The van der Waals surface area contributed by atoms with Crippen molar-refractivity contribution in [3.63, 3.8) is 0 Å². The summed E-state index contributed by atoms with van der Waals surface area (Å²) in [4.78, 5) is 26.2. The molecular formula is C14H18N2O3. The van der Waals surface area contributed by atoms with Gasteiger partial charge in [0.15, 0.2) is 0 Å². The van der Waals surface area contributed by atoms with Crippen molar-refractivity contribution in [3.05, 3.63) is 35.4 Å². The molecule has 1 aliphatic rings. The number of piperazine rings is 1. The monoisotopic (exact) mass is 262 g/mol. The molecule has 1 fully saturated rings. The summed E-state index contributed by atoms with van der Waals surface area (Å²) in [6, 6.07) is 7.50. The maximum Gasteiger partial charge on any atom is 0.242 e. The number of hydrogen-bond donors (Lipinski definition) is 1. The first-order valence-electron chi connectivity index (χ1n) is 6.23. The number of β-amino-alcohol motifs (C(OH)–C–C–N with tert-alkyl or cyclic N) is 1. The number of carbonyl (C=O) groups excluding carboxylic acids is 2. The van der Waals surface area contributed by atoms with Crippen LogP contribution in [0.3, 0.4) is 0 Å². The number of benzene rings is 1. The molecule has 1 atom stereocenters. The van der Waals surface area contributed by atoms with E-state index < -0.39 is 6.10 Å². The molecule has 0 spiro atoms. The van der Waals surface area contributed by atoms with Gasteiger partial charge in [0.2, 0.25) is 11.8 Å². The first-order valence-corrected chi connectivity index (χ1v) is 6.23. The molecule has 1 aliphatic heterocycles. The Hall–Kier alpha value is -1.88. The van der Waals surface area contributed by atoms with Gasteiger partial charge in [-0.1, -0.05) is 29.8 Å². The molecule has 1 aromatic carbocycles. The molecule has 1 heterocycles. The highest BCUT2D eigenvalue weighted by molar-refractivity contribution is 5.92. The number of amides is 2. The number of aryl methyl sites for hydroxylation is 1. The first-order chi connectivity index (χ1) is 8.97. The number of aliphatic hydroxyl groups excluding tert-OH is 1. The van der Waals surface area contributed by atoms with Crippen molar-refractivity contribution in [2.45, 2.75) is 13.0 Å². The molecule has 102 valence electrons. The van der Waals surface area contributed by atoms with Gasteiger partial charge in [0, 0.05) is 7.05 Å². The van der Waals surface area contributed by atoms with Crippen molar-refractivity contribution in [2.75, 3.05) is 26.7 Å². The maximum atomic E-state index is 11.8. The molecule has 19 heavy (non-hydrogen) atoms. The molecule has 0 aromatic heterocycles. The third kappa shape index (κ3) is 3.12. The van der Waals surface area contributed by atoms with Crippen LogP contribution >= 0.6 is 0 Å². The smallest absolute Gasteiger partial charge is 0.242 e. The standard InChI is InChI=1S/C14H18N2O3/c1-10-3-5-11(6-4-10)12(17)7-16-9-13(18)15(2)8-14(16)19/h3-6,12,17H,7-9H2,1-2H3. The van der Waals surface area contributed by atoms with E-state index in [1.54, 1.807) is 7.05 Å². The molecular weight excluding hydrogens is 244 g/mol. The molecule has 1 saturated heterocycles. The average Bonchev–Trinajstić information content (AvgIpc) is 2.36. The third-order valence-electron chi connectivity index (χ3n) is 3.33. The quantitative estimate of drug-likeness (QED) is 0.854. The van der Waals surface area contributed by atoms with E-state index in [0.717, 1.165) is 11.1 Å². The van der Waals surface area contributed by atoms with Crippen LogP contribution in [0.15, 0.2) is 24.3 Å². The summed E-state index contributed by atoms with van der Waals surface area (Å²) >= 11 is 0. The van der Waals surface area contributed by atoms with Crippen molar-refractivity contribution >= 4 is 11.8 Å². The number of aliphatic hydroxyl groups is 1. The van der Waals surface area contributed by atoms with Gasteiger partial charge < -0.3 is 14.9 Å². The van der Waals surface area contributed by atoms with E-state index in [9.17, 15) is 14.7 Å². The van der Waals surface area contributed by atoms with Crippen molar-refractivity contribution in [2.24, 2.45) is 0 Å². The minimum Gasteiger partial charge on any atom is -0.387 e. The van der Waals surface area contributed by atoms with E-state index in [-0.39, 0.29) is 31.4 Å². The van der Waals surface area contributed by atoms with Gasteiger partial charge in [-0.25, -0.2) is 0 Å². The molecule has 0 bridgehead atoms. The van der Waals surface area contributed by atoms with Gasteiger partial charge in [-0.15, -0.1) is 0 Å². The van der Waals surface area contributed by atoms with Crippen LogP contribution in [0, 0.1) is 6.92 Å².